The highest BCUT2D eigenvalue weighted by atomic mass is 16.6. The molecule has 0 fully saturated rings. The summed E-state index contributed by atoms with van der Waals surface area (Å²) in [4.78, 5) is 34.4. The molecule has 0 unspecified atom stereocenters. The fourth-order valence-electron chi connectivity index (χ4n) is 1.06. The molecule has 1 atom stereocenters. The Bertz CT molecular complexity index is 379. The monoisotopic (exact) mass is 288 g/mol. The molecule has 0 radical (unpaired) electrons. The van der Waals surface area contributed by atoms with Crippen LogP contribution in [0, 0.1) is 0 Å². The van der Waals surface area contributed by atoms with Crippen LogP contribution < -0.4 is 11.1 Å². The molecule has 0 aliphatic heterocycles. The summed E-state index contributed by atoms with van der Waals surface area (Å²) in [5.41, 5.74) is 4.13. The minimum Gasteiger partial charge on any atom is -0.459 e. The van der Waals surface area contributed by atoms with E-state index in [9.17, 15) is 14.4 Å². The van der Waals surface area contributed by atoms with Crippen molar-refractivity contribution in [2.45, 2.75) is 58.8 Å². The Balaban J connectivity index is 4.25. The predicted octanol–water partition coefficient (Wildman–Crippen LogP) is 0.113. The Kier molecular flexibility index (Phi) is 6.15. The van der Waals surface area contributed by atoms with Gasteiger partial charge < -0.3 is 20.5 Å². The van der Waals surface area contributed by atoms with E-state index in [2.05, 4.69) is 5.32 Å². The molecule has 0 aromatic carbocycles. The number of hydrogen-bond donors (Lipinski definition) is 2. The smallest absolute Gasteiger partial charge is 0.397 e. The van der Waals surface area contributed by atoms with Gasteiger partial charge in [0.25, 0.3) is 0 Å². The van der Waals surface area contributed by atoms with E-state index >= 15 is 0 Å². The third kappa shape index (κ3) is 8.47. The SMILES string of the molecule is CC(C)(C)OC(=O)C(=O)NC[C@H](N)C(=O)OC(C)(C)C. The van der Waals surface area contributed by atoms with Crippen LogP contribution in [0.15, 0.2) is 0 Å². The van der Waals surface area contributed by atoms with Crippen molar-refractivity contribution in [2.24, 2.45) is 5.73 Å². The Morgan fingerprint density at radius 1 is 1.00 bits per heavy atom. The van der Waals surface area contributed by atoms with E-state index < -0.39 is 35.1 Å². The van der Waals surface area contributed by atoms with Gasteiger partial charge in [0.05, 0.1) is 0 Å². The minimum atomic E-state index is -1.04. The third-order valence-corrected chi connectivity index (χ3v) is 1.78. The van der Waals surface area contributed by atoms with E-state index in [0.717, 1.165) is 0 Å². The Labute approximate surface area is 119 Å². The van der Waals surface area contributed by atoms with Gasteiger partial charge in [-0.2, -0.15) is 0 Å². The van der Waals surface area contributed by atoms with Crippen molar-refractivity contribution in [3.8, 4) is 0 Å². The maximum atomic E-state index is 11.6. The molecule has 0 rings (SSSR count). The van der Waals surface area contributed by atoms with Gasteiger partial charge in [-0.15, -0.1) is 0 Å². The minimum absolute atomic E-state index is 0.201. The lowest BCUT2D eigenvalue weighted by molar-refractivity contribution is -0.164. The quantitative estimate of drug-likeness (QED) is 0.564. The fraction of sp³-hybridized carbons (Fsp3) is 0.769. The van der Waals surface area contributed by atoms with Crippen LogP contribution in [0.1, 0.15) is 41.5 Å². The molecule has 0 heterocycles. The highest BCUT2D eigenvalue weighted by molar-refractivity contribution is 6.32. The first-order chi connectivity index (χ1) is 8.82. The number of carbonyl (C=O) groups excluding carboxylic acids is 3. The van der Waals surface area contributed by atoms with Gasteiger partial charge in [-0.25, -0.2) is 4.79 Å². The largest absolute Gasteiger partial charge is 0.459 e. The van der Waals surface area contributed by atoms with Crippen LogP contribution >= 0.6 is 0 Å². The lowest BCUT2D eigenvalue weighted by Gasteiger charge is -2.22. The van der Waals surface area contributed by atoms with Crippen LogP contribution in [-0.2, 0) is 23.9 Å². The molecule has 116 valence electrons. The molecule has 0 saturated carbocycles. The van der Waals surface area contributed by atoms with Gasteiger partial charge in [0.1, 0.15) is 17.2 Å². The van der Waals surface area contributed by atoms with Crippen LogP contribution in [0.25, 0.3) is 0 Å². The zero-order valence-corrected chi connectivity index (χ0v) is 12.9. The predicted molar refractivity (Wildman–Crippen MR) is 72.7 cm³/mol. The molecule has 7 nitrogen and oxygen atoms in total. The van der Waals surface area contributed by atoms with Crippen molar-refractivity contribution in [1.82, 2.24) is 5.32 Å². The first-order valence-electron chi connectivity index (χ1n) is 6.31. The second-order valence-electron chi connectivity index (χ2n) is 6.35. The molecule has 0 aromatic rings. The number of rotatable bonds is 3. The molecule has 7 heteroatoms. The van der Waals surface area contributed by atoms with E-state index in [1.165, 1.54) is 0 Å². The number of esters is 2. The van der Waals surface area contributed by atoms with Gasteiger partial charge in [0, 0.05) is 6.54 Å². The summed E-state index contributed by atoms with van der Waals surface area (Å²) in [7, 11) is 0. The molecule has 0 aromatic heterocycles. The van der Waals surface area contributed by atoms with Gasteiger partial charge in [-0.05, 0) is 41.5 Å². The maximum absolute atomic E-state index is 11.6. The highest BCUT2D eigenvalue weighted by Crippen LogP contribution is 2.08. The van der Waals surface area contributed by atoms with E-state index in [1.807, 2.05) is 0 Å². The standard InChI is InChI=1S/C13H24N2O5/c1-12(2,3)19-10(17)8(14)7-15-9(16)11(18)20-13(4,5)6/h8H,7,14H2,1-6H3,(H,15,16)/t8-/m0/s1. The normalized spacial score (nSPS) is 13.3. The van der Waals surface area contributed by atoms with E-state index in [1.54, 1.807) is 41.5 Å². The van der Waals surface area contributed by atoms with Crippen LogP contribution in [0.2, 0.25) is 0 Å². The highest BCUT2D eigenvalue weighted by Gasteiger charge is 2.26. The molecular formula is C13H24N2O5. The zero-order chi connectivity index (χ0) is 16.1. The molecule has 0 saturated heterocycles. The van der Waals surface area contributed by atoms with Crippen molar-refractivity contribution in [3.63, 3.8) is 0 Å². The molecule has 20 heavy (non-hydrogen) atoms. The second-order valence-corrected chi connectivity index (χ2v) is 6.35. The van der Waals surface area contributed by atoms with Crippen molar-refractivity contribution in [2.75, 3.05) is 6.54 Å². The lowest BCUT2D eigenvalue weighted by Crippen LogP contribution is -2.47. The molecule has 0 aliphatic rings. The van der Waals surface area contributed by atoms with Crippen molar-refractivity contribution < 1.29 is 23.9 Å². The Morgan fingerprint density at radius 3 is 1.85 bits per heavy atom. The number of carbonyl (C=O) groups is 3. The summed E-state index contributed by atoms with van der Waals surface area (Å²) in [5.74, 6) is -2.62. The number of nitrogens with two attached hydrogens (primary N) is 1. The summed E-state index contributed by atoms with van der Waals surface area (Å²) in [6, 6.07) is -1.04. The van der Waals surface area contributed by atoms with Crippen molar-refractivity contribution >= 4 is 17.8 Å². The average molecular weight is 288 g/mol. The van der Waals surface area contributed by atoms with Crippen LogP contribution in [0.4, 0.5) is 0 Å². The number of ether oxygens (including phenoxy) is 2. The summed E-state index contributed by atoms with van der Waals surface area (Å²) < 4.78 is 9.91. The Morgan fingerprint density at radius 2 is 1.45 bits per heavy atom. The molecule has 0 spiro atoms. The first-order valence-corrected chi connectivity index (χ1v) is 6.31. The molecular weight excluding hydrogens is 264 g/mol. The van der Waals surface area contributed by atoms with Gasteiger partial charge in [-0.3, -0.25) is 9.59 Å². The van der Waals surface area contributed by atoms with Gasteiger partial charge in [0.15, 0.2) is 0 Å². The van der Waals surface area contributed by atoms with E-state index in [-0.39, 0.29) is 6.54 Å². The summed E-state index contributed by atoms with van der Waals surface area (Å²) >= 11 is 0. The van der Waals surface area contributed by atoms with Gasteiger partial charge in [0.2, 0.25) is 0 Å². The van der Waals surface area contributed by atoms with Crippen molar-refractivity contribution in [1.29, 1.82) is 0 Å². The maximum Gasteiger partial charge on any atom is 0.397 e. The van der Waals surface area contributed by atoms with Crippen LogP contribution in [0.3, 0.4) is 0 Å². The third-order valence-electron chi connectivity index (χ3n) is 1.78. The fourth-order valence-corrected chi connectivity index (χ4v) is 1.06. The average Bonchev–Trinajstić information content (AvgIpc) is 2.20. The van der Waals surface area contributed by atoms with Crippen LogP contribution in [-0.4, -0.2) is 41.6 Å². The number of amides is 1. The number of nitrogens with one attached hydrogen (secondary N) is 1. The zero-order valence-electron chi connectivity index (χ0n) is 12.9. The molecule has 3 N–H and O–H groups in total. The summed E-state index contributed by atoms with van der Waals surface area (Å²) in [6.07, 6.45) is 0. The van der Waals surface area contributed by atoms with Crippen molar-refractivity contribution in [3.05, 3.63) is 0 Å². The first kappa shape index (κ1) is 18.4. The summed E-state index contributed by atoms with van der Waals surface area (Å²) in [5, 5.41) is 2.23. The van der Waals surface area contributed by atoms with Gasteiger partial charge in [-0.1, -0.05) is 0 Å². The summed E-state index contributed by atoms with van der Waals surface area (Å²) in [6.45, 7) is 9.84. The topological polar surface area (TPSA) is 108 Å². The number of hydrogen-bond acceptors (Lipinski definition) is 6. The van der Waals surface area contributed by atoms with Crippen LogP contribution in [0.5, 0.6) is 0 Å². The van der Waals surface area contributed by atoms with Gasteiger partial charge >= 0.3 is 17.8 Å². The Hall–Kier alpha value is -1.63. The van der Waals surface area contributed by atoms with E-state index in [0.29, 0.717) is 0 Å². The second kappa shape index (κ2) is 6.69. The van der Waals surface area contributed by atoms with E-state index in [4.69, 9.17) is 15.2 Å². The molecule has 1 amide bonds. The lowest BCUT2D eigenvalue weighted by atomic mass is 10.2. The molecule has 0 aliphatic carbocycles. The molecule has 0 bridgehead atoms.